The van der Waals surface area contributed by atoms with Gasteiger partial charge in [-0.2, -0.15) is 0 Å². The molecule has 2 rings (SSSR count). The van der Waals surface area contributed by atoms with Gasteiger partial charge in [0, 0.05) is 6.92 Å². The Balaban J connectivity index is 2.11. The van der Waals surface area contributed by atoms with Gasteiger partial charge in [0.1, 0.15) is 12.0 Å². The average molecular weight is 211 g/mol. The Morgan fingerprint density at radius 3 is 3.07 bits per heavy atom. The summed E-state index contributed by atoms with van der Waals surface area (Å²) in [7, 11) is 0. The standard InChI is InChI=1S/C10H13NO2S/c1-7(12)8-6-13-10(11-8)9-4-2-3-5-14-9/h6,9H,2-5H2,1H3. The summed E-state index contributed by atoms with van der Waals surface area (Å²) in [5.74, 6) is 1.86. The smallest absolute Gasteiger partial charge is 0.207 e. The molecule has 1 atom stereocenters. The van der Waals surface area contributed by atoms with E-state index in [1.807, 2.05) is 11.8 Å². The third-order valence-electron chi connectivity index (χ3n) is 2.34. The quantitative estimate of drug-likeness (QED) is 0.705. The van der Waals surface area contributed by atoms with Crippen molar-refractivity contribution in [2.45, 2.75) is 31.4 Å². The maximum Gasteiger partial charge on any atom is 0.207 e. The summed E-state index contributed by atoms with van der Waals surface area (Å²) in [4.78, 5) is 15.2. The molecule has 3 nitrogen and oxygen atoms in total. The number of carbonyl (C=O) groups is 1. The maximum atomic E-state index is 11.0. The van der Waals surface area contributed by atoms with Crippen LogP contribution < -0.4 is 0 Å². The molecule has 1 unspecified atom stereocenters. The predicted octanol–water partition coefficient (Wildman–Crippen LogP) is 2.84. The van der Waals surface area contributed by atoms with Gasteiger partial charge >= 0.3 is 0 Å². The fourth-order valence-electron chi connectivity index (χ4n) is 1.53. The van der Waals surface area contributed by atoms with Gasteiger partial charge in [-0.15, -0.1) is 11.8 Å². The molecule has 76 valence electrons. The Hall–Kier alpha value is -0.770. The van der Waals surface area contributed by atoms with Gasteiger partial charge in [0.15, 0.2) is 5.78 Å². The summed E-state index contributed by atoms with van der Waals surface area (Å²) in [5.41, 5.74) is 0.450. The lowest BCUT2D eigenvalue weighted by atomic mass is 10.2. The minimum Gasteiger partial charge on any atom is -0.447 e. The summed E-state index contributed by atoms with van der Waals surface area (Å²) in [5, 5.41) is 0.358. The van der Waals surface area contributed by atoms with Crippen LogP contribution >= 0.6 is 11.8 Å². The number of carbonyl (C=O) groups excluding carboxylic acids is 1. The molecule has 0 bridgehead atoms. The zero-order chi connectivity index (χ0) is 9.97. The van der Waals surface area contributed by atoms with Crippen molar-refractivity contribution in [2.75, 3.05) is 5.75 Å². The molecule has 0 amide bonds. The molecule has 1 aromatic heterocycles. The van der Waals surface area contributed by atoms with Crippen molar-refractivity contribution in [3.05, 3.63) is 17.8 Å². The van der Waals surface area contributed by atoms with E-state index >= 15 is 0 Å². The zero-order valence-electron chi connectivity index (χ0n) is 8.16. The molecule has 0 N–H and O–H groups in total. The summed E-state index contributed by atoms with van der Waals surface area (Å²) in [6.45, 7) is 1.51. The van der Waals surface area contributed by atoms with E-state index in [0.717, 1.165) is 12.3 Å². The lowest BCUT2D eigenvalue weighted by Crippen LogP contribution is -2.03. The highest BCUT2D eigenvalue weighted by atomic mass is 32.2. The summed E-state index contributed by atoms with van der Waals surface area (Å²) in [6.07, 6.45) is 5.09. The first-order valence-corrected chi connectivity index (χ1v) is 5.90. The molecule has 1 aliphatic rings. The third kappa shape index (κ3) is 2.00. The summed E-state index contributed by atoms with van der Waals surface area (Å²) >= 11 is 1.87. The van der Waals surface area contributed by atoms with Crippen molar-refractivity contribution in [3.63, 3.8) is 0 Å². The highest BCUT2D eigenvalue weighted by Gasteiger charge is 2.21. The number of rotatable bonds is 2. The number of ketones is 1. The molecule has 14 heavy (non-hydrogen) atoms. The minimum absolute atomic E-state index is 0.0270. The van der Waals surface area contributed by atoms with Gasteiger partial charge in [0.25, 0.3) is 0 Å². The molecular weight excluding hydrogens is 198 g/mol. The summed E-state index contributed by atoms with van der Waals surface area (Å²) in [6, 6.07) is 0. The second-order valence-electron chi connectivity index (χ2n) is 3.48. The number of oxazole rings is 1. The largest absolute Gasteiger partial charge is 0.447 e. The van der Waals surface area contributed by atoms with E-state index in [9.17, 15) is 4.79 Å². The number of thioether (sulfide) groups is 1. The Morgan fingerprint density at radius 2 is 2.50 bits per heavy atom. The van der Waals surface area contributed by atoms with Gasteiger partial charge in [0.2, 0.25) is 5.89 Å². The second-order valence-corrected chi connectivity index (χ2v) is 4.79. The lowest BCUT2D eigenvalue weighted by molar-refractivity contribution is 0.101. The maximum absolute atomic E-state index is 11.0. The normalized spacial score (nSPS) is 22.2. The van der Waals surface area contributed by atoms with Crippen molar-refractivity contribution in [2.24, 2.45) is 0 Å². The fraction of sp³-hybridized carbons (Fsp3) is 0.600. The number of aromatic nitrogens is 1. The Bertz CT molecular complexity index is 329. The highest BCUT2D eigenvalue weighted by Crippen LogP contribution is 2.37. The Kier molecular flexibility index (Phi) is 2.91. The number of hydrogen-bond donors (Lipinski definition) is 0. The van der Waals surface area contributed by atoms with Crippen LogP contribution in [0.25, 0.3) is 0 Å². The minimum atomic E-state index is -0.0270. The lowest BCUT2D eigenvalue weighted by Gasteiger charge is -2.17. The molecule has 0 saturated carbocycles. The van der Waals surface area contributed by atoms with Gasteiger partial charge in [-0.1, -0.05) is 6.42 Å². The van der Waals surface area contributed by atoms with E-state index in [4.69, 9.17) is 4.42 Å². The molecule has 0 spiro atoms. The van der Waals surface area contributed by atoms with Crippen molar-refractivity contribution < 1.29 is 9.21 Å². The van der Waals surface area contributed by atoms with Gasteiger partial charge in [-0.25, -0.2) is 4.98 Å². The monoisotopic (exact) mass is 211 g/mol. The van der Waals surface area contributed by atoms with Crippen LogP contribution in [-0.2, 0) is 0 Å². The van der Waals surface area contributed by atoms with Crippen LogP contribution in [-0.4, -0.2) is 16.5 Å². The number of Topliss-reactive ketones (excluding diaryl/α,β-unsaturated/α-hetero) is 1. The van der Waals surface area contributed by atoms with Crippen LogP contribution in [0.4, 0.5) is 0 Å². The zero-order valence-corrected chi connectivity index (χ0v) is 8.97. The highest BCUT2D eigenvalue weighted by molar-refractivity contribution is 7.99. The first-order chi connectivity index (χ1) is 6.77. The fourth-order valence-corrected chi connectivity index (χ4v) is 2.77. The van der Waals surface area contributed by atoms with Crippen molar-refractivity contribution in [1.82, 2.24) is 4.98 Å². The number of nitrogens with zero attached hydrogens (tertiary/aromatic N) is 1. The van der Waals surface area contributed by atoms with Crippen LogP contribution in [0.2, 0.25) is 0 Å². The Labute approximate surface area is 87.3 Å². The van der Waals surface area contributed by atoms with Crippen LogP contribution in [0, 0.1) is 0 Å². The van der Waals surface area contributed by atoms with E-state index in [2.05, 4.69) is 4.98 Å². The van der Waals surface area contributed by atoms with E-state index in [1.165, 1.54) is 31.8 Å². The second kappa shape index (κ2) is 4.17. The molecule has 1 aromatic rings. The van der Waals surface area contributed by atoms with Crippen molar-refractivity contribution in [3.8, 4) is 0 Å². The average Bonchev–Trinajstić information content (AvgIpc) is 2.68. The van der Waals surface area contributed by atoms with Gasteiger partial charge in [-0.05, 0) is 18.6 Å². The van der Waals surface area contributed by atoms with Crippen molar-refractivity contribution in [1.29, 1.82) is 0 Å². The molecule has 0 aliphatic carbocycles. The Morgan fingerprint density at radius 1 is 1.64 bits per heavy atom. The molecule has 0 radical (unpaired) electrons. The molecule has 1 aliphatic heterocycles. The van der Waals surface area contributed by atoms with E-state index in [1.54, 1.807) is 0 Å². The van der Waals surface area contributed by atoms with Crippen LogP contribution in [0.15, 0.2) is 10.7 Å². The molecule has 4 heteroatoms. The van der Waals surface area contributed by atoms with Crippen molar-refractivity contribution >= 4 is 17.5 Å². The molecule has 0 aromatic carbocycles. The number of hydrogen-bond acceptors (Lipinski definition) is 4. The van der Waals surface area contributed by atoms with Crippen LogP contribution in [0.5, 0.6) is 0 Å². The topological polar surface area (TPSA) is 43.1 Å². The molecular formula is C10H13NO2S. The molecule has 1 fully saturated rings. The van der Waals surface area contributed by atoms with Gasteiger partial charge in [0.05, 0.1) is 5.25 Å². The van der Waals surface area contributed by atoms with Crippen LogP contribution in [0.3, 0.4) is 0 Å². The first kappa shape index (κ1) is 9.77. The van der Waals surface area contributed by atoms with Crippen LogP contribution in [0.1, 0.15) is 47.8 Å². The third-order valence-corrected chi connectivity index (χ3v) is 3.70. The van der Waals surface area contributed by atoms with E-state index in [0.29, 0.717) is 10.9 Å². The van der Waals surface area contributed by atoms with Gasteiger partial charge < -0.3 is 4.42 Å². The molecule has 2 heterocycles. The SMILES string of the molecule is CC(=O)c1coc(C2CCCCS2)n1. The summed E-state index contributed by atoms with van der Waals surface area (Å²) < 4.78 is 5.31. The molecule has 1 saturated heterocycles. The predicted molar refractivity (Wildman–Crippen MR) is 55.6 cm³/mol. The first-order valence-electron chi connectivity index (χ1n) is 4.85. The van der Waals surface area contributed by atoms with Gasteiger partial charge in [-0.3, -0.25) is 4.79 Å². The van der Waals surface area contributed by atoms with E-state index < -0.39 is 0 Å². The van der Waals surface area contributed by atoms with E-state index in [-0.39, 0.29) is 5.78 Å².